The van der Waals surface area contributed by atoms with Gasteiger partial charge in [0.15, 0.2) is 5.82 Å². The molecule has 1 aliphatic heterocycles. The Bertz CT molecular complexity index is 947. The van der Waals surface area contributed by atoms with Crippen LogP contribution in [-0.4, -0.2) is 40.7 Å². The number of halogens is 1. The molecular weight excluding hydrogens is 355 g/mol. The van der Waals surface area contributed by atoms with E-state index in [1.54, 1.807) is 12.4 Å². The van der Waals surface area contributed by atoms with Crippen molar-refractivity contribution in [2.24, 2.45) is 0 Å². The predicted molar refractivity (Wildman–Crippen MR) is 105 cm³/mol. The van der Waals surface area contributed by atoms with E-state index < -0.39 is 5.60 Å². The Morgan fingerprint density at radius 1 is 1.11 bits per heavy atom. The molecule has 2 heterocycles. The van der Waals surface area contributed by atoms with Crippen LogP contribution in [0.4, 0.5) is 4.39 Å². The highest BCUT2D eigenvalue weighted by atomic mass is 19.1. The summed E-state index contributed by atoms with van der Waals surface area (Å²) in [7, 11) is 4.13. The molecule has 28 heavy (non-hydrogen) atoms. The summed E-state index contributed by atoms with van der Waals surface area (Å²) in [4.78, 5) is 6.45. The molecule has 0 radical (unpaired) electrons. The fraction of sp³-hybridized carbons (Fsp3) is 0.318. The fourth-order valence-corrected chi connectivity index (χ4v) is 3.86. The largest absolute Gasteiger partial charge is 0.361 e. The second kappa shape index (κ2) is 7.73. The summed E-state index contributed by atoms with van der Waals surface area (Å²) in [6, 6.07) is 12.8. The van der Waals surface area contributed by atoms with Crippen LogP contribution in [-0.2, 0) is 16.9 Å². The second-order valence-corrected chi connectivity index (χ2v) is 7.37. The zero-order valence-corrected chi connectivity index (χ0v) is 16.1. The summed E-state index contributed by atoms with van der Waals surface area (Å²) in [5, 5.41) is 8.01. The lowest BCUT2D eigenvalue weighted by Crippen LogP contribution is -2.28. The highest BCUT2D eigenvalue weighted by molar-refractivity contribution is 5.59. The highest BCUT2D eigenvalue weighted by Gasteiger charge is 2.41. The molecule has 3 aromatic rings. The van der Waals surface area contributed by atoms with Crippen LogP contribution in [0.3, 0.4) is 0 Å². The van der Waals surface area contributed by atoms with Gasteiger partial charge >= 0.3 is 0 Å². The van der Waals surface area contributed by atoms with Crippen molar-refractivity contribution in [1.82, 2.24) is 20.1 Å². The van der Waals surface area contributed by atoms with E-state index in [9.17, 15) is 4.39 Å². The monoisotopic (exact) mass is 378 g/mol. The maximum atomic E-state index is 13.5. The zero-order valence-electron chi connectivity index (χ0n) is 16.1. The molecule has 1 aromatic heterocycles. The van der Waals surface area contributed by atoms with Crippen molar-refractivity contribution in [2.45, 2.75) is 25.0 Å². The number of hydrogen-bond donors (Lipinski definition) is 0. The molecule has 0 aliphatic carbocycles. The van der Waals surface area contributed by atoms with Gasteiger partial charge in [-0.2, -0.15) is 5.10 Å². The lowest BCUT2D eigenvalue weighted by atomic mass is 9.81. The number of rotatable bonds is 6. The lowest BCUT2D eigenvalue weighted by Gasteiger charge is -2.31. The third kappa shape index (κ3) is 3.53. The van der Waals surface area contributed by atoms with Crippen LogP contribution < -0.4 is 0 Å². The van der Waals surface area contributed by atoms with E-state index in [0.29, 0.717) is 12.4 Å². The van der Waals surface area contributed by atoms with Gasteiger partial charge in [0.25, 0.3) is 0 Å². The van der Waals surface area contributed by atoms with Gasteiger partial charge in [0.1, 0.15) is 11.4 Å². The van der Waals surface area contributed by atoms with Crippen molar-refractivity contribution < 1.29 is 9.13 Å². The minimum Gasteiger partial charge on any atom is -0.361 e. The minimum atomic E-state index is -0.562. The molecule has 1 aliphatic rings. The summed E-state index contributed by atoms with van der Waals surface area (Å²) in [6.45, 7) is 1.46. The first kappa shape index (κ1) is 18.7. The molecular formula is C22H23FN4O. The zero-order chi connectivity index (χ0) is 19.6. The number of benzene rings is 2. The molecule has 2 aromatic carbocycles. The molecule has 0 amide bonds. The molecule has 4 rings (SSSR count). The van der Waals surface area contributed by atoms with E-state index >= 15 is 0 Å². The van der Waals surface area contributed by atoms with Crippen LogP contribution in [0.25, 0.3) is 11.4 Å². The fourth-order valence-electron chi connectivity index (χ4n) is 3.86. The topological polar surface area (TPSA) is 51.1 Å². The molecule has 1 unspecified atom stereocenters. The van der Waals surface area contributed by atoms with Crippen molar-refractivity contribution in [3.8, 4) is 11.4 Å². The summed E-state index contributed by atoms with van der Waals surface area (Å²) < 4.78 is 19.9. The number of ether oxygens (including phenoxy) is 1. The van der Waals surface area contributed by atoms with Crippen LogP contribution in [0.2, 0.25) is 0 Å². The van der Waals surface area contributed by atoms with Gasteiger partial charge < -0.3 is 9.64 Å². The summed E-state index contributed by atoms with van der Waals surface area (Å²) in [5.74, 6) is 0.353. The molecule has 0 bridgehead atoms. The number of fused-ring (bicyclic) bond motifs is 1. The van der Waals surface area contributed by atoms with Crippen LogP contribution in [0.1, 0.15) is 29.5 Å². The molecule has 6 heteroatoms. The first-order chi connectivity index (χ1) is 13.6. The van der Waals surface area contributed by atoms with E-state index in [4.69, 9.17) is 4.74 Å². The smallest absolute Gasteiger partial charge is 0.181 e. The van der Waals surface area contributed by atoms with Crippen LogP contribution in [0.15, 0.2) is 54.9 Å². The first-order valence-electron chi connectivity index (χ1n) is 9.41. The average Bonchev–Trinajstić information content (AvgIpc) is 3.08. The first-order valence-corrected chi connectivity index (χ1v) is 9.41. The molecule has 1 atom stereocenters. The molecule has 0 spiro atoms. The molecule has 0 saturated carbocycles. The Kier molecular flexibility index (Phi) is 5.15. The van der Waals surface area contributed by atoms with Gasteiger partial charge in [0.05, 0.1) is 12.8 Å². The van der Waals surface area contributed by atoms with Crippen molar-refractivity contribution in [3.63, 3.8) is 0 Å². The van der Waals surface area contributed by atoms with Crippen molar-refractivity contribution >= 4 is 0 Å². The summed E-state index contributed by atoms with van der Waals surface area (Å²) >= 11 is 0. The van der Waals surface area contributed by atoms with Crippen molar-refractivity contribution in [3.05, 3.63) is 77.4 Å². The Labute approximate surface area is 164 Å². The van der Waals surface area contributed by atoms with E-state index in [-0.39, 0.29) is 5.82 Å². The third-order valence-corrected chi connectivity index (χ3v) is 5.20. The Hall–Kier alpha value is -2.70. The third-order valence-electron chi connectivity index (χ3n) is 5.20. The number of aromatic nitrogens is 3. The van der Waals surface area contributed by atoms with Crippen LogP contribution in [0.5, 0.6) is 0 Å². The van der Waals surface area contributed by atoms with Gasteiger partial charge in [-0.3, -0.25) is 0 Å². The SMILES string of the molecule is CN(C)CCCC1(c2ccc(F)cc2)OCc2cc(-c3nccnn3)ccc21. The Balaban J connectivity index is 1.73. The van der Waals surface area contributed by atoms with Gasteiger partial charge in [-0.05, 0) is 68.4 Å². The van der Waals surface area contributed by atoms with E-state index in [1.807, 2.05) is 18.2 Å². The van der Waals surface area contributed by atoms with E-state index in [2.05, 4.69) is 46.3 Å². The molecule has 5 nitrogen and oxygen atoms in total. The Morgan fingerprint density at radius 3 is 2.64 bits per heavy atom. The molecule has 0 saturated heterocycles. The molecule has 0 N–H and O–H groups in total. The molecule has 144 valence electrons. The van der Waals surface area contributed by atoms with Gasteiger partial charge in [-0.1, -0.05) is 24.3 Å². The van der Waals surface area contributed by atoms with E-state index in [1.165, 1.54) is 12.1 Å². The maximum absolute atomic E-state index is 13.5. The van der Waals surface area contributed by atoms with Crippen molar-refractivity contribution in [1.29, 1.82) is 0 Å². The molecule has 0 fully saturated rings. The quantitative estimate of drug-likeness (QED) is 0.653. The van der Waals surface area contributed by atoms with Crippen molar-refractivity contribution in [2.75, 3.05) is 20.6 Å². The number of hydrogen-bond acceptors (Lipinski definition) is 5. The van der Waals surface area contributed by atoms with Gasteiger partial charge in [-0.15, -0.1) is 5.10 Å². The maximum Gasteiger partial charge on any atom is 0.181 e. The highest BCUT2D eigenvalue weighted by Crippen LogP contribution is 2.46. The average molecular weight is 378 g/mol. The van der Waals surface area contributed by atoms with Gasteiger partial charge in [-0.25, -0.2) is 9.37 Å². The predicted octanol–water partition coefficient (Wildman–Crippen LogP) is 3.79. The standard InChI is InChI=1S/C22H23FN4O/c1-27(2)13-3-10-22(18-5-7-19(23)8-6-18)20-9-4-16(14-17(20)15-28-22)21-24-11-12-25-26-21/h4-9,11-12,14H,3,10,13,15H2,1-2H3. The van der Waals surface area contributed by atoms with Gasteiger partial charge in [0.2, 0.25) is 0 Å². The summed E-state index contributed by atoms with van der Waals surface area (Å²) in [5.41, 5.74) is 3.58. The van der Waals surface area contributed by atoms with Crippen LogP contribution in [0, 0.1) is 5.82 Å². The van der Waals surface area contributed by atoms with E-state index in [0.717, 1.165) is 41.6 Å². The van der Waals surface area contributed by atoms with Gasteiger partial charge in [0, 0.05) is 11.8 Å². The Morgan fingerprint density at radius 2 is 1.93 bits per heavy atom. The minimum absolute atomic E-state index is 0.241. The van der Waals surface area contributed by atoms with Crippen LogP contribution >= 0.6 is 0 Å². The second-order valence-electron chi connectivity index (χ2n) is 7.37. The number of nitrogens with zero attached hydrogens (tertiary/aromatic N) is 4. The lowest BCUT2D eigenvalue weighted by molar-refractivity contribution is -0.0140. The normalized spacial score (nSPS) is 18.4. The summed E-state index contributed by atoms with van der Waals surface area (Å²) in [6.07, 6.45) is 4.99.